The topological polar surface area (TPSA) is 29.5 Å². The van der Waals surface area contributed by atoms with E-state index >= 15 is 0 Å². The van der Waals surface area contributed by atoms with E-state index in [2.05, 4.69) is 60.7 Å². The van der Waals surface area contributed by atoms with Crippen molar-refractivity contribution in [1.82, 2.24) is 0 Å². The van der Waals surface area contributed by atoms with Crippen molar-refractivity contribution < 1.29 is 9.53 Å². The summed E-state index contributed by atoms with van der Waals surface area (Å²) in [7, 11) is -1.73. The first-order chi connectivity index (χ1) is 13.8. The molecule has 0 unspecified atom stereocenters. The third-order valence-corrected chi connectivity index (χ3v) is 15.6. The van der Waals surface area contributed by atoms with Gasteiger partial charge in [-0.2, -0.15) is 0 Å². The van der Waals surface area contributed by atoms with Gasteiger partial charge in [-0.25, -0.2) is 0 Å². The summed E-state index contributed by atoms with van der Waals surface area (Å²) < 4.78 is 6.95. The number of hydrogen-bond donors (Lipinski definition) is 1. The molecular weight excluding hydrogens is 384 g/mol. The highest BCUT2D eigenvalue weighted by Gasteiger charge is 2.59. The molecule has 3 heteroatoms. The molecule has 173 valence electrons. The lowest BCUT2D eigenvalue weighted by Gasteiger charge is -2.59. The molecule has 3 fully saturated rings. The van der Waals surface area contributed by atoms with Crippen molar-refractivity contribution >= 4 is 8.32 Å². The quantitative estimate of drug-likeness (QED) is 0.373. The Kier molecular flexibility index (Phi) is 5.73. The highest BCUT2D eigenvalue weighted by atomic mass is 28.4. The zero-order valence-electron chi connectivity index (χ0n) is 21.1. The van der Waals surface area contributed by atoms with Gasteiger partial charge in [0.1, 0.15) is 0 Å². The van der Waals surface area contributed by atoms with Crippen LogP contribution in [0.3, 0.4) is 0 Å². The molecule has 0 radical (unpaired) electrons. The fourth-order valence-electron chi connectivity index (χ4n) is 8.18. The minimum absolute atomic E-state index is 0.0982. The summed E-state index contributed by atoms with van der Waals surface area (Å²) in [5, 5.41) is 10.5. The van der Waals surface area contributed by atoms with Crippen molar-refractivity contribution in [1.29, 1.82) is 0 Å². The van der Waals surface area contributed by atoms with E-state index in [9.17, 15) is 5.11 Å². The number of aliphatic hydroxyl groups excluding tert-OH is 1. The molecule has 0 bridgehead atoms. The summed E-state index contributed by atoms with van der Waals surface area (Å²) in [5.41, 5.74) is 2.39. The van der Waals surface area contributed by atoms with Crippen molar-refractivity contribution in [2.45, 2.75) is 123 Å². The van der Waals surface area contributed by atoms with Crippen LogP contribution in [-0.2, 0) is 4.43 Å². The molecule has 0 spiro atoms. The molecule has 8 atom stereocenters. The molecule has 4 aliphatic rings. The molecule has 0 aromatic carbocycles. The van der Waals surface area contributed by atoms with E-state index in [-0.39, 0.29) is 11.1 Å². The Balaban J connectivity index is 1.54. The summed E-state index contributed by atoms with van der Waals surface area (Å²) in [5.74, 6) is 3.24. The summed E-state index contributed by atoms with van der Waals surface area (Å²) in [6.45, 7) is 19.5. The molecule has 1 N–H and O–H groups in total. The zero-order chi connectivity index (χ0) is 22.1. The van der Waals surface area contributed by atoms with Crippen LogP contribution in [0.1, 0.15) is 92.9 Å². The van der Waals surface area contributed by atoms with Gasteiger partial charge in [0.05, 0.1) is 6.10 Å². The monoisotopic (exact) mass is 432 g/mol. The third-order valence-electron chi connectivity index (χ3n) is 11.0. The molecule has 0 saturated heterocycles. The second kappa shape index (κ2) is 7.45. The second-order valence-corrected chi connectivity index (χ2v) is 18.2. The SMILES string of the molecule is C[C@H](O[Si-](C)(C)C(C)(C)C)[C@H]1CC[C@H]2[C@@H]3CC=C4C[C@@H](O)CC[C@]4(C)[C@H]3CC[C@]12C. The lowest BCUT2D eigenvalue weighted by Crippen LogP contribution is -2.52. The standard InChI is InChI=1S/C27H48O2Si/c1-18(29-30(7,8)25(2,3)4)22-11-12-23-21-10-9-19-17-20(28)13-15-26(19,5)24(21)14-16-27(22,23)6/h9,18,20-24,28H,10-17H2,1-8H3/q-1/t18-,20-,21-,22+,23-,24-,26-,27+/m0/s1. The van der Waals surface area contributed by atoms with E-state index in [1.165, 1.54) is 38.5 Å². The fourth-order valence-corrected chi connectivity index (χ4v) is 9.62. The Hall–Kier alpha value is -0.123. The molecule has 0 aromatic heterocycles. The summed E-state index contributed by atoms with van der Waals surface area (Å²) in [4.78, 5) is 0. The minimum atomic E-state index is -1.73. The van der Waals surface area contributed by atoms with Crippen molar-refractivity contribution in [3.63, 3.8) is 0 Å². The molecule has 0 amide bonds. The smallest absolute Gasteiger partial charge is 0.0577 e. The predicted molar refractivity (Wildman–Crippen MR) is 129 cm³/mol. The van der Waals surface area contributed by atoms with E-state index in [0.717, 1.165) is 30.6 Å². The summed E-state index contributed by atoms with van der Waals surface area (Å²) in [6.07, 6.45) is 12.7. The van der Waals surface area contributed by atoms with E-state index in [4.69, 9.17) is 4.43 Å². The van der Waals surface area contributed by atoms with Gasteiger partial charge < -0.3 is 9.53 Å². The molecule has 0 aliphatic heterocycles. The highest BCUT2D eigenvalue weighted by molar-refractivity contribution is 6.74. The van der Waals surface area contributed by atoms with Gasteiger partial charge in [-0.3, -0.25) is 0 Å². The van der Waals surface area contributed by atoms with Crippen molar-refractivity contribution in [3.8, 4) is 0 Å². The van der Waals surface area contributed by atoms with Crippen LogP contribution in [0.2, 0.25) is 18.1 Å². The molecule has 30 heavy (non-hydrogen) atoms. The summed E-state index contributed by atoms with van der Waals surface area (Å²) in [6, 6.07) is 0. The Bertz CT molecular complexity index is 691. The Morgan fingerprint density at radius 2 is 1.77 bits per heavy atom. The normalized spacial score (nSPS) is 45.2. The minimum Gasteiger partial charge on any atom is -0.562 e. The molecule has 4 rings (SSSR count). The van der Waals surface area contributed by atoms with Crippen molar-refractivity contribution in [2.24, 2.45) is 34.5 Å². The molecule has 3 saturated carbocycles. The average Bonchev–Trinajstić information content (AvgIpc) is 2.98. The first-order valence-electron chi connectivity index (χ1n) is 12.8. The predicted octanol–water partition coefficient (Wildman–Crippen LogP) is 7.34. The van der Waals surface area contributed by atoms with Gasteiger partial charge >= 0.3 is 0 Å². The lowest BCUT2D eigenvalue weighted by atomic mass is 9.47. The van der Waals surface area contributed by atoms with E-state index < -0.39 is 8.32 Å². The highest BCUT2D eigenvalue weighted by Crippen LogP contribution is 2.67. The van der Waals surface area contributed by atoms with Gasteiger partial charge in [0.15, 0.2) is 0 Å². The van der Waals surface area contributed by atoms with Crippen molar-refractivity contribution in [2.75, 3.05) is 0 Å². The van der Waals surface area contributed by atoms with Gasteiger partial charge in [-0.1, -0.05) is 46.3 Å². The van der Waals surface area contributed by atoms with Crippen LogP contribution in [0.5, 0.6) is 0 Å². The number of allylic oxidation sites excluding steroid dienone is 1. The van der Waals surface area contributed by atoms with Crippen LogP contribution in [0, 0.1) is 34.5 Å². The van der Waals surface area contributed by atoms with Gasteiger partial charge in [0.25, 0.3) is 0 Å². The zero-order valence-corrected chi connectivity index (χ0v) is 22.1. The van der Waals surface area contributed by atoms with E-state index in [0.29, 0.717) is 22.9 Å². The van der Waals surface area contributed by atoms with Gasteiger partial charge in [0.2, 0.25) is 0 Å². The average molecular weight is 433 g/mol. The van der Waals surface area contributed by atoms with Crippen LogP contribution in [0.15, 0.2) is 11.6 Å². The Morgan fingerprint density at radius 1 is 1.07 bits per heavy atom. The van der Waals surface area contributed by atoms with Crippen LogP contribution >= 0.6 is 0 Å². The molecular formula is C27H48O2Si-. The van der Waals surface area contributed by atoms with Crippen LogP contribution in [0.4, 0.5) is 0 Å². The molecule has 4 aliphatic carbocycles. The second-order valence-electron chi connectivity index (χ2n) is 13.5. The number of fused-ring (bicyclic) bond motifs is 5. The van der Waals surface area contributed by atoms with Crippen molar-refractivity contribution in [3.05, 3.63) is 11.6 Å². The van der Waals surface area contributed by atoms with Gasteiger partial charge in [-0.15, -0.1) is 18.1 Å². The van der Waals surface area contributed by atoms with Crippen LogP contribution < -0.4 is 0 Å². The molecule has 0 aromatic rings. The number of hydrogen-bond acceptors (Lipinski definition) is 2. The maximum absolute atomic E-state index is 10.2. The Labute approximate surface area is 187 Å². The molecule has 0 heterocycles. The molecule has 2 nitrogen and oxygen atoms in total. The maximum Gasteiger partial charge on any atom is 0.0577 e. The van der Waals surface area contributed by atoms with Gasteiger partial charge in [0, 0.05) is 6.10 Å². The lowest BCUT2D eigenvalue weighted by molar-refractivity contribution is -0.0657. The van der Waals surface area contributed by atoms with E-state index in [1.807, 2.05) is 0 Å². The maximum atomic E-state index is 10.2. The first kappa shape index (κ1) is 23.0. The fraction of sp³-hybridized carbons (Fsp3) is 0.926. The number of aliphatic hydroxyl groups is 1. The van der Waals surface area contributed by atoms with Crippen LogP contribution in [0.25, 0.3) is 0 Å². The largest absolute Gasteiger partial charge is 0.562 e. The summed E-state index contributed by atoms with van der Waals surface area (Å²) >= 11 is 0. The Morgan fingerprint density at radius 3 is 2.43 bits per heavy atom. The van der Waals surface area contributed by atoms with Gasteiger partial charge in [-0.05, 0) is 101 Å². The first-order valence-corrected chi connectivity index (χ1v) is 15.8. The van der Waals surface area contributed by atoms with E-state index in [1.54, 1.807) is 5.57 Å². The third kappa shape index (κ3) is 3.50. The number of rotatable bonds is 3. The van der Waals surface area contributed by atoms with Crippen LogP contribution in [-0.4, -0.2) is 25.6 Å².